The first-order valence-electron chi connectivity index (χ1n) is 8.94. The van der Waals surface area contributed by atoms with E-state index in [2.05, 4.69) is 62.9 Å². The molecular formula is C20H23N7. The smallest absolute Gasteiger partial charge is 0.161 e. The Balaban J connectivity index is 1.64. The molecule has 0 aromatic carbocycles. The van der Waals surface area contributed by atoms with Crippen LogP contribution in [0.15, 0.2) is 48.9 Å². The predicted molar refractivity (Wildman–Crippen MR) is 106 cm³/mol. The number of aryl methyl sites for hydroxylation is 1. The van der Waals surface area contributed by atoms with Gasteiger partial charge in [-0.3, -0.25) is 9.08 Å². The number of nitrogens with zero attached hydrogens (tertiary/aromatic N) is 6. The molecule has 0 aliphatic carbocycles. The Morgan fingerprint density at radius 3 is 2.56 bits per heavy atom. The molecule has 4 aromatic rings. The molecular weight excluding hydrogens is 338 g/mol. The predicted octanol–water partition coefficient (Wildman–Crippen LogP) is 3.86. The van der Waals surface area contributed by atoms with Gasteiger partial charge in [-0.15, -0.1) is 10.2 Å². The van der Waals surface area contributed by atoms with E-state index in [-0.39, 0.29) is 5.41 Å². The van der Waals surface area contributed by atoms with Gasteiger partial charge in [-0.2, -0.15) is 5.10 Å². The van der Waals surface area contributed by atoms with Gasteiger partial charge in [0.2, 0.25) is 0 Å². The molecule has 0 aliphatic rings. The normalized spacial score (nSPS) is 11.9. The van der Waals surface area contributed by atoms with Crippen molar-refractivity contribution in [3.8, 4) is 11.1 Å². The van der Waals surface area contributed by atoms with Crippen molar-refractivity contribution >= 4 is 17.3 Å². The van der Waals surface area contributed by atoms with E-state index in [1.807, 2.05) is 31.4 Å². The molecule has 4 heterocycles. The summed E-state index contributed by atoms with van der Waals surface area (Å²) in [6.07, 6.45) is 6.47. The first-order valence-corrected chi connectivity index (χ1v) is 8.94. The molecule has 0 aliphatic heterocycles. The quantitative estimate of drug-likeness (QED) is 0.597. The van der Waals surface area contributed by atoms with E-state index < -0.39 is 0 Å². The topological polar surface area (TPSA) is 72.9 Å². The van der Waals surface area contributed by atoms with Gasteiger partial charge >= 0.3 is 0 Å². The lowest BCUT2D eigenvalue weighted by Gasteiger charge is -2.16. The minimum Gasteiger partial charge on any atom is -0.325 e. The van der Waals surface area contributed by atoms with Gasteiger partial charge in [0.25, 0.3) is 0 Å². The molecule has 0 amide bonds. The monoisotopic (exact) mass is 361 g/mol. The maximum absolute atomic E-state index is 4.40. The average Bonchev–Trinajstić information content (AvgIpc) is 3.20. The Bertz CT molecular complexity index is 1090. The first-order chi connectivity index (χ1) is 12.9. The van der Waals surface area contributed by atoms with Gasteiger partial charge in [-0.25, -0.2) is 4.98 Å². The Hall–Kier alpha value is -3.22. The van der Waals surface area contributed by atoms with E-state index in [9.17, 15) is 0 Å². The lowest BCUT2D eigenvalue weighted by Crippen LogP contribution is -2.11. The van der Waals surface area contributed by atoms with Gasteiger partial charge < -0.3 is 5.32 Å². The van der Waals surface area contributed by atoms with E-state index in [0.29, 0.717) is 0 Å². The number of rotatable bonds is 4. The van der Waals surface area contributed by atoms with Crippen molar-refractivity contribution < 1.29 is 0 Å². The maximum atomic E-state index is 4.40. The molecule has 27 heavy (non-hydrogen) atoms. The molecule has 4 rings (SSSR count). The number of hydrogen-bond acceptors (Lipinski definition) is 5. The van der Waals surface area contributed by atoms with Crippen LogP contribution in [0.3, 0.4) is 0 Å². The molecule has 0 atom stereocenters. The minimum absolute atomic E-state index is 0.166. The van der Waals surface area contributed by atoms with Crippen LogP contribution < -0.4 is 5.32 Å². The Kier molecular flexibility index (Phi) is 4.14. The summed E-state index contributed by atoms with van der Waals surface area (Å²) in [6.45, 7) is 6.61. The molecule has 1 N–H and O–H groups in total. The largest absolute Gasteiger partial charge is 0.325 e. The van der Waals surface area contributed by atoms with Gasteiger partial charge in [0, 0.05) is 31.9 Å². The number of anilines is 2. The van der Waals surface area contributed by atoms with Crippen molar-refractivity contribution in [3.05, 3.63) is 54.7 Å². The van der Waals surface area contributed by atoms with Crippen LogP contribution in [0, 0.1) is 5.41 Å². The van der Waals surface area contributed by atoms with E-state index >= 15 is 0 Å². The molecule has 0 radical (unpaired) electrons. The van der Waals surface area contributed by atoms with Crippen molar-refractivity contribution in [3.63, 3.8) is 0 Å². The molecule has 0 unspecified atom stereocenters. The van der Waals surface area contributed by atoms with Crippen LogP contribution >= 0.6 is 0 Å². The third-order valence-corrected chi connectivity index (χ3v) is 4.34. The van der Waals surface area contributed by atoms with Gasteiger partial charge in [0.15, 0.2) is 5.65 Å². The Labute approximate surface area is 158 Å². The second-order valence-electron chi connectivity index (χ2n) is 7.89. The van der Waals surface area contributed by atoms with Gasteiger partial charge in [-0.05, 0) is 40.8 Å². The summed E-state index contributed by atoms with van der Waals surface area (Å²) >= 11 is 0. The SMILES string of the molecule is Cn1nccc1Nc1cc(-c2ccn3c(CC(C)(C)C)nnc3c2)ccn1. The Morgan fingerprint density at radius 1 is 1.00 bits per heavy atom. The van der Waals surface area contributed by atoms with E-state index in [4.69, 9.17) is 0 Å². The molecule has 0 bridgehead atoms. The first kappa shape index (κ1) is 17.2. The molecule has 0 spiro atoms. The van der Waals surface area contributed by atoms with Crippen molar-refractivity contribution in [2.24, 2.45) is 12.5 Å². The standard InChI is InChI=1S/C20H23N7/c1-20(2,3)13-19-25-24-18-12-15(7-10-27(18)19)14-5-8-21-16(11-14)23-17-6-9-22-26(17)4/h5-12H,13H2,1-4H3,(H,21,23). The number of nitrogens with one attached hydrogen (secondary N) is 1. The van der Waals surface area contributed by atoms with Crippen molar-refractivity contribution in [2.75, 3.05) is 5.32 Å². The van der Waals surface area contributed by atoms with Crippen LogP contribution in [-0.2, 0) is 13.5 Å². The van der Waals surface area contributed by atoms with Crippen LogP contribution in [0.1, 0.15) is 26.6 Å². The molecule has 138 valence electrons. The van der Waals surface area contributed by atoms with Gasteiger partial charge in [0.05, 0.1) is 6.20 Å². The number of aromatic nitrogens is 6. The summed E-state index contributed by atoms with van der Waals surface area (Å²) < 4.78 is 3.83. The summed E-state index contributed by atoms with van der Waals surface area (Å²) in [4.78, 5) is 4.40. The number of pyridine rings is 2. The lowest BCUT2D eigenvalue weighted by atomic mass is 9.92. The fraction of sp³-hybridized carbons (Fsp3) is 0.300. The summed E-state index contributed by atoms with van der Waals surface area (Å²) in [5, 5.41) is 16.2. The third-order valence-electron chi connectivity index (χ3n) is 4.34. The third kappa shape index (κ3) is 3.67. The zero-order valence-corrected chi connectivity index (χ0v) is 16.0. The molecule has 0 fully saturated rings. The molecule has 4 aromatic heterocycles. The number of hydrogen-bond donors (Lipinski definition) is 1. The fourth-order valence-electron chi connectivity index (χ4n) is 3.02. The van der Waals surface area contributed by atoms with Crippen LogP contribution in [0.4, 0.5) is 11.6 Å². The van der Waals surface area contributed by atoms with Crippen LogP contribution in [0.2, 0.25) is 0 Å². The fourth-order valence-corrected chi connectivity index (χ4v) is 3.02. The maximum Gasteiger partial charge on any atom is 0.161 e. The van der Waals surface area contributed by atoms with E-state index in [0.717, 1.165) is 40.7 Å². The molecule has 0 saturated heterocycles. The van der Waals surface area contributed by atoms with Crippen LogP contribution in [0.25, 0.3) is 16.8 Å². The van der Waals surface area contributed by atoms with E-state index in [1.54, 1.807) is 17.1 Å². The zero-order chi connectivity index (χ0) is 19.0. The highest BCUT2D eigenvalue weighted by Gasteiger charge is 2.16. The highest BCUT2D eigenvalue weighted by atomic mass is 15.3. The minimum atomic E-state index is 0.166. The average molecular weight is 361 g/mol. The van der Waals surface area contributed by atoms with Gasteiger partial charge in [0.1, 0.15) is 17.5 Å². The van der Waals surface area contributed by atoms with Crippen LogP contribution in [-0.4, -0.2) is 29.4 Å². The van der Waals surface area contributed by atoms with Crippen molar-refractivity contribution in [2.45, 2.75) is 27.2 Å². The number of fused-ring (bicyclic) bond motifs is 1. The summed E-state index contributed by atoms with van der Waals surface area (Å²) in [6, 6.07) is 10.1. The highest BCUT2D eigenvalue weighted by Crippen LogP contribution is 2.25. The molecule has 7 nitrogen and oxygen atoms in total. The Morgan fingerprint density at radius 2 is 1.81 bits per heavy atom. The molecule has 0 saturated carbocycles. The zero-order valence-electron chi connectivity index (χ0n) is 16.0. The molecule has 7 heteroatoms. The van der Waals surface area contributed by atoms with Crippen molar-refractivity contribution in [1.29, 1.82) is 0 Å². The van der Waals surface area contributed by atoms with Crippen molar-refractivity contribution in [1.82, 2.24) is 29.4 Å². The summed E-state index contributed by atoms with van der Waals surface area (Å²) in [5.74, 6) is 2.64. The summed E-state index contributed by atoms with van der Waals surface area (Å²) in [7, 11) is 1.89. The lowest BCUT2D eigenvalue weighted by molar-refractivity contribution is 0.399. The summed E-state index contributed by atoms with van der Waals surface area (Å²) in [5.41, 5.74) is 3.16. The van der Waals surface area contributed by atoms with Gasteiger partial charge in [-0.1, -0.05) is 20.8 Å². The second kappa shape index (κ2) is 6.50. The van der Waals surface area contributed by atoms with E-state index in [1.165, 1.54) is 0 Å². The second-order valence-corrected chi connectivity index (χ2v) is 7.89. The highest BCUT2D eigenvalue weighted by molar-refractivity contribution is 5.70. The van der Waals surface area contributed by atoms with Crippen LogP contribution in [0.5, 0.6) is 0 Å².